The number of piperidine rings is 1. The number of hydrogen-bond acceptors (Lipinski definition) is 6. The van der Waals surface area contributed by atoms with E-state index in [1.807, 2.05) is 18.2 Å². The van der Waals surface area contributed by atoms with Gasteiger partial charge < -0.3 is 14.6 Å². The summed E-state index contributed by atoms with van der Waals surface area (Å²) in [6, 6.07) is 8.03. The van der Waals surface area contributed by atoms with Gasteiger partial charge >= 0.3 is 0 Å². The summed E-state index contributed by atoms with van der Waals surface area (Å²) in [5.41, 5.74) is 7.19. The Kier molecular flexibility index (Phi) is 5.98. The van der Waals surface area contributed by atoms with Gasteiger partial charge in [-0.15, -0.1) is 0 Å². The van der Waals surface area contributed by atoms with Gasteiger partial charge in [0.05, 0.1) is 24.7 Å². The van der Waals surface area contributed by atoms with Crippen molar-refractivity contribution in [3.8, 4) is 17.0 Å². The largest absolute Gasteiger partial charge is 0.497 e. The quantitative estimate of drug-likeness (QED) is 0.385. The molecule has 3 aromatic heterocycles. The van der Waals surface area contributed by atoms with Crippen molar-refractivity contribution in [3.63, 3.8) is 0 Å². The Labute approximate surface area is 215 Å². The molecular formula is C28H30FN7O. The maximum Gasteiger partial charge on any atom is 0.188 e. The molecule has 1 N–H and O–H groups in total. The number of imidazole rings is 1. The molecule has 1 aliphatic carbocycles. The molecule has 0 radical (unpaired) electrons. The third kappa shape index (κ3) is 4.39. The molecular weight excluding hydrogens is 469 g/mol. The zero-order valence-electron chi connectivity index (χ0n) is 21.3. The molecule has 37 heavy (non-hydrogen) atoms. The van der Waals surface area contributed by atoms with Crippen molar-refractivity contribution in [1.29, 1.82) is 0 Å². The number of anilines is 1. The van der Waals surface area contributed by atoms with E-state index in [9.17, 15) is 4.39 Å². The summed E-state index contributed by atoms with van der Waals surface area (Å²) in [7, 11) is 1.68. The molecule has 4 heterocycles. The summed E-state index contributed by atoms with van der Waals surface area (Å²) in [6.07, 6.45) is 8.79. The van der Waals surface area contributed by atoms with Gasteiger partial charge in [0.25, 0.3) is 0 Å². The highest BCUT2D eigenvalue weighted by Gasteiger charge is 2.28. The predicted octanol–water partition coefficient (Wildman–Crippen LogP) is 5.35. The summed E-state index contributed by atoms with van der Waals surface area (Å²) >= 11 is 0. The molecule has 8 nitrogen and oxygen atoms in total. The Balaban J connectivity index is 1.18. The molecule has 1 aromatic carbocycles. The minimum absolute atomic E-state index is 0.365. The number of allylic oxidation sites excluding steroid dienone is 1. The summed E-state index contributed by atoms with van der Waals surface area (Å²) in [5.74, 6) is 3.21. The lowest BCUT2D eigenvalue weighted by molar-refractivity contribution is 0.245. The number of fused-ring (bicyclic) bond motifs is 1. The highest BCUT2D eigenvalue weighted by Crippen LogP contribution is 2.37. The Morgan fingerprint density at radius 1 is 1.16 bits per heavy atom. The van der Waals surface area contributed by atoms with Crippen molar-refractivity contribution in [2.75, 3.05) is 25.1 Å². The highest BCUT2D eigenvalue weighted by molar-refractivity contribution is 5.90. The lowest BCUT2D eigenvalue weighted by Crippen LogP contribution is -2.34. The van der Waals surface area contributed by atoms with E-state index in [0.29, 0.717) is 12.3 Å². The smallest absolute Gasteiger partial charge is 0.188 e. The normalized spacial score (nSPS) is 16.5. The minimum Gasteiger partial charge on any atom is -0.497 e. The SMILES string of the molecule is COc1cccc(-c2nc(C3CCN(c4ncnc5c4C=C(c4cnn(C(C)F)c4)C5)CC3)[nH]c2C)c1. The van der Waals surface area contributed by atoms with E-state index in [1.54, 1.807) is 25.8 Å². The molecule has 190 valence electrons. The van der Waals surface area contributed by atoms with Gasteiger partial charge in [0.15, 0.2) is 6.30 Å². The van der Waals surface area contributed by atoms with Crippen LogP contribution in [0.2, 0.25) is 0 Å². The number of ether oxygens (including phenoxy) is 1. The van der Waals surface area contributed by atoms with Crippen LogP contribution in [0.5, 0.6) is 5.75 Å². The summed E-state index contributed by atoms with van der Waals surface area (Å²) < 4.78 is 20.4. The van der Waals surface area contributed by atoms with Crippen LogP contribution < -0.4 is 9.64 Å². The minimum atomic E-state index is -1.15. The van der Waals surface area contributed by atoms with E-state index in [0.717, 1.165) is 82.7 Å². The second-order valence-electron chi connectivity index (χ2n) is 9.78. The topological polar surface area (TPSA) is 84.8 Å². The van der Waals surface area contributed by atoms with Crippen LogP contribution in [0.4, 0.5) is 10.2 Å². The first kappa shape index (κ1) is 23.4. The van der Waals surface area contributed by atoms with Crippen LogP contribution in [0.1, 0.15) is 60.3 Å². The number of benzene rings is 1. The van der Waals surface area contributed by atoms with E-state index in [4.69, 9.17) is 9.72 Å². The van der Waals surface area contributed by atoms with Gasteiger partial charge in [-0.25, -0.2) is 24.0 Å². The van der Waals surface area contributed by atoms with Gasteiger partial charge in [0.1, 0.15) is 23.7 Å². The fourth-order valence-electron chi connectivity index (χ4n) is 5.34. The molecule has 0 amide bonds. The average Bonchev–Trinajstić information content (AvgIpc) is 3.66. The molecule has 9 heteroatoms. The van der Waals surface area contributed by atoms with E-state index < -0.39 is 6.30 Å². The lowest BCUT2D eigenvalue weighted by atomic mass is 9.96. The Morgan fingerprint density at radius 2 is 2.00 bits per heavy atom. The summed E-state index contributed by atoms with van der Waals surface area (Å²) in [5, 5.41) is 4.15. The van der Waals surface area contributed by atoms with E-state index in [2.05, 4.69) is 44.0 Å². The number of aromatic nitrogens is 6. The zero-order chi connectivity index (χ0) is 25.5. The standard InChI is InChI=1S/C28H30FN7O/c1-17-26(20-5-4-6-23(11-20)37-3)34-27(33-17)19-7-9-35(10-8-19)28-24-12-21(13-25(24)30-16-31-28)22-14-32-36(15-22)18(2)29/h4-6,11-12,14-16,18-19H,7-10,13H2,1-3H3,(H,33,34). The first-order valence-electron chi connectivity index (χ1n) is 12.7. The molecule has 0 saturated carbocycles. The van der Waals surface area contributed by atoms with Crippen LogP contribution in [-0.2, 0) is 6.42 Å². The lowest BCUT2D eigenvalue weighted by Gasteiger charge is -2.32. The van der Waals surface area contributed by atoms with Gasteiger partial charge in [0.2, 0.25) is 0 Å². The van der Waals surface area contributed by atoms with Crippen LogP contribution in [0.3, 0.4) is 0 Å². The molecule has 4 aromatic rings. The van der Waals surface area contributed by atoms with Crippen molar-refractivity contribution >= 4 is 17.5 Å². The van der Waals surface area contributed by atoms with E-state index >= 15 is 0 Å². The molecule has 1 unspecified atom stereocenters. The van der Waals surface area contributed by atoms with Crippen molar-refractivity contribution in [2.45, 2.75) is 45.3 Å². The van der Waals surface area contributed by atoms with Crippen LogP contribution in [-0.4, -0.2) is 49.9 Å². The predicted molar refractivity (Wildman–Crippen MR) is 141 cm³/mol. The number of halogens is 1. The number of alkyl halides is 1. The second kappa shape index (κ2) is 9.46. The van der Waals surface area contributed by atoms with Crippen molar-refractivity contribution in [1.82, 2.24) is 29.7 Å². The molecule has 1 aliphatic heterocycles. The number of H-pyrrole nitrogens is 1. The van der Waals surface area contributed by atoms with Crippen molar-refractivity contribution in [2.24, 2.45) is 0 Å². The van der Waals surface area contributed by atoms with E-state index in [1.165, 1.54) is 11.6 Å². The first-order valence-corrected chi connectivity index (χ1v) is 12.7. The summed E-state index contributed by atoms with van der Waals surface area (Å²) in [4.78, 5) is 20.1. The third-order valence-corrected chi connectivity index (χ3v) is 7.39. The molecule has 6 rings (SSSR count). The Hall–Kier alpha value is -4.01. The number of methoxy groups -OCH3 is 1. The number of nitrogens with one attached hydrogen (secondary N) is 1. The molecule has 1 fully saturated rings. The van der Waals surface area contributed by atoms with Crippen LogP contribution in [0.25, 0.3) is 22.9 Å². The monoisotopic (exact) mass is 499 g/mol. The van der Waals surface area contributed by atoms with Crippen molar-refractivity contribution < 1.29 is 9.13 Å². The Bertz CT molecular complexity index is 1460. The highest BCUT2D eigenvalue weighted by atomic mass is 19.1. The summed E-state index contributed by atoms with van der Waals surface area (Å²) in [6.45, 7) is 5.34. The molecule has 2 aliphatic rings. The van der Waals surface area contributed by atoms with Crippen LogP contribution >= 0.6 is 0 Å². The maximum absolute atomic E-state index is 13.6. The van der Waals surface area contributed by atoms with Gasteiger partial charge in [-0.2, -0.15) is 5.10 Å². The fourth-order valence-corrected chi connectivity index (χ4v) is 5.34. The van der Waals surface area contributed by atoms with Gasteiger partial charge in [-0.3, -0.25) is 0 Å². The van der Waals surface area contributed by atoms with Crippen molar-refractivity contribution in [3.05, 3.63) is 71.3 Å². The molecule has 0 bridgehead atoms. The van der Waals surface area contributed by atoms with Crippen LogP contribution in [0.15, 0.2) is 43.0 Å². The third-order valence-electron chi connectivity index (χ3n) is 7.39. The van der Waals surface area contributed by atoms with Crippen LogP contribution in [0, 0.1) is 6.92 Å². The van der Waals surface area contributed by atoms with Gasteiger partial charge in [-0.1, -0.05) is 12.1 Å². The number of aryl methyl sites for hydroxylation is 1. The van der Waals surface area contributed by atoms with E-state index in [-0.39, 0.29) is 0 Å². The average molecular weight is 500 g/mol. The van der Waals surface area contributed by atoms with Gasteiger partial charge in [-0.05, 0) is 50.5 Å². The number of aromatic amines is 1. The maximum atomic E-state index is 13.6. The fraction of sp³-hybridized carbons (Fsp3) is 0.357. The zero-order valence-corrected chi connectivity index (χ0v) is 21.3. The number of hydrogen-bond donors (Lipinski definition) is 1. The molecule has 1 atom stereocenters. The second-order valence-corrected chi connectivity index (χ2v) is 9.78. The number of nitrogens with zero attached hydrogens (tertiary/aromatic N) is 6. The Morgan fingerprint density at radius 3 is 2.76 bits per heavy atom. The first-order chi connectivity index (χ1) is 18.0. The van der Waals surface area contributed by atoms with Gasteiger partial charge in [0, 0.05) is 54.0 Å². The molecule has 0 spiro atoms. The number of rotatable bonds is 6. The molecule has 1 saturated heterocycles.